The highest BCUT2D eigenvalue weighted by molar-refractivity contribution is 7.89. The number of hydrogen-bond donors (Lipinski definition) is 3. The maximum Gasteiger partial charge on any atom is 0.240 e. The topological polar surface area (TPSA) is 111 Å². The summed E-state index contributed by atoms with van der Waals surface area (Å²) in [7, 11) is -3.84. The first-order valence-electron chi connectivity index (χ1n) is 6.03. The molecule has 108 valence electrons. The highest BCUT2D eigenvalue weighted by atomic mass is 32.2. The first kappa shape index (κ1) is 14.4. The molecule has 0 aliphatic heterocycles. The van der Waals surface area contributed by atoms with Crippen LogP contribution in [0.4, 0.5) is 11.4 Å². The van der Waals surface area contributed by atoms with Crippen LogP contribution in [0.1, 0.15) is 24.5 Å². The number of nitrogens with one attached hydrogen (secondary N) is 1. The summed E-state index contributed by atoms with van der Waals surface area (Å²) < 4.78 is 28.3. The van der Waals surface area contributed by atoms with Gasteiger partial charge in [-0.25, -0.2) is 13.6 Å². The summed E-state index contributed by atoms with van der Waals surface area (Å²) in [6.07, 6.45) is 0. The number of para-hydroxylation sites is 1. The first-order chi connectivity index (χ1) is 9.29. The number of primary sulfonamides is 1. The lowest BCUT2D eigenvalue weighted by Crippen LogP contribution is -2.16. The zero-order chi connectivity index (χ0) is 14.9. The predicted molar refractivity (Wildman–Crippen MR) is 77.7 cm³/mol. The molecule has 0 bridgehead atoms. The molecule has 5 N–H and O–H groups in total. The lowest BCUT2D eigenvalue weighted by atomic mass is 10.2. The average molecular weight is 295 g/mol. The Morgan fingerprint density at radius 3 is 2.50 bits per heavy atom. The van der Waals surface area contributed by atoms with Gasteiger partial charge in [0.05, 0.1) is 17.4 Å². The summed E-state index contributed by atoms with van der Waals surface area (Å²) in [5.41, 5.74) is 6.45. The van der Waals surface area contributed by atoms with Crippen molar-refractivity contribution in [2.45, 2.75) is 24.8 Å². The zero-order valence-corrected chi connectivity index (χ0v) is 12.1. The summed E-state index contributed by atoms with van der Waals surface area (Å²) in [5, 5.41) is 8.23. The number of anilines is 2. The van der Waals surface area contributed by atoms with Crippen molar-refractivity contribution in [2.75, 3.05) is 11.1 Å². The minimum Gasteiger partial charge on any atom is -0.464 e. The smallest absolute Gasteiger partial charge is 0.240 e. The van der Waals surface area contributed by atoms with Gasteiger partial charge in [-0.1, -0.05) is 6.07 Å². The zero-order valence-electron chi connectivity index (χ0n) is 11.3. The molecule has 7 heteroatoms. The molecule has 20 heavy (non-hydrogen) atoms. The fourth-order valence-electron chi connectivity index (χ4n) is 1.91. The van der Waals surface area contributed by atoms with Gasteiger partial charge in [-0.05, 0) is 38.1 Å². The SMILES string of the molecule is Cc1ccc(C(C)Nc2cccc(S(N)(=O)=O)c2N)o1. The monoisotopic (exact) mass is 295 g/mol. The van der Waals surface area contributed by atoms with E-state index < -0.39 is 10.0 Å². The van der Waals surface area contributed by atoms with E-state index in [2.05, 4.69) is 5.32 Å². The molecule has 0 fully saturated rings. The van der Waals surface area contributed by atoms with Crippen LogP contribution in [0.3, 0.4) is 0 Å². The molecular formula is C13H17N3O3S. The van der Waals surface area contributed by atoms with E-state index >= 15 is 0 Å². The van der Waals surface area contributed by atoms with E-state index in [0.717, 1.165) is 11.5 Å². The fraction of sp³-hybridized carbons (Fsp3) is 0.231. The van der Waals surface area contributed by atoms with Crippen molar-refractivity contribution in [2.24, 2.45) is 5.14 Å². The van der Waals surface area contributed by atoms with Crippen LogP contribution < -0.4 is 16.2 Å². The molecule has 0 spiro atoms. The van der Waals surface area contributed by atoms with Gasteiger partial charge in [0.1, 0.15) is 16.4 Å². The van der Waals surface area contributed by atoms with Crippen molar-refractivity contribution in [3.8, 4) is 0 Å². The molecule has 6 nitrogen and oxygen atoms in total. The van der Waals surface area contributed by atoms with Crippen LogP contribution in [0.2, 0.25) is 0 Å². The second kappa shape index (κ2) is 5.18. The maximum atomic E-state index is 11.4. The Morgan fingerprint density at radius 2 is 1.95 bits per heavy atom. The largest absolute Gasteiger partial charge is 0.464 e. The Bertz CT molecular complexity index is 722. The van der Waals surface area contributed by atoms with Crippen LogP contribution in [0, 0.1) is 6.92 Å². The normalized spacial score (nSPS) is 13.2. The third-order valence-corrected chi connectivity index (χ3v) is 3.90. The third kappa shape index (κ3) is 2.94. The van der Waals surface area contributed by atoms with Crippen LogP contribution in [0.5, 0.6) is 0 Å². The van der Waals surface area contributed by atoms with Crippen LogP contribution in [0.25, 0.3) is 0 Å². The van der Waals surface area contributed by atoms with E-state index in [9.17, 15) is 8.42 Å². The molecule has 2 rings (SSSR count). The van der Waals surface area contributed by atoms with E-state index in [1.165, 1.54) is 6.07 Å². The predicted octanol–water partition coefficient (Wildman–Crippen LogP) is 1.99. The molecule has 0 aliphatic carbocycles. The van der Waals surface area contributed by atoms with Gasteiger partial charge in [0.15, 0.2) is 0 Å². The number of nitrogens with two attached hydrogens (primary N) is 2. The number of rotatable bonds is 4. The summed E-state index contributed by atoms with van der Waals surface area (Å²) in [5.74, 6) is 1.54. The van der Waals surface area contributed by atoms with Gasteiger partial charge in [0.2, 0.25) is 10.0 Å². The van der Waals surface area contributed by atoms with Crippen LogP contribution in [-0.4, -0.2) is 8.42 Å². The first-order valence-corrected chi connectivity index (χ1v) is 7.58. The van der Waals surface area contributed by atoms with Crippen molar-refractivity contribution in [3.05, 3.63) is 41.9 Å². The number of nitrogen functional groups attached to an aromatic ring is 1. The van der Waals surface area contributed by atoms with Crippen molar-refractivity contribution >= 4 is 21.4 Å². The number of aryl methyl sites for hydroxylation is 1. The minimum absolute atomic E-state index is 0.0923. The molecule has 1 heterocycles. The van der Waals surface area contributed by atoms with Crippen LogP contribution in [0.15, 0.2) is 39.6 Å². The molecule has 0 amide bonds. The Hall–Kier alpha value is -1.99. The highest BCUT2D eigenvalue weighted by Crippen LogP contribution is 2.29. The van der Waals surface area contributed by atoms with Gasteiger partial charge in [0, 0.05) is 0 Å². The second-order valence-corrected chi connectivity index (χ2v) is 6.11. The highest BCUT2D eigenvalue weighted by Gasteiger charge is 2.17. The van der Waals surface area contributed by atoms with Gasteiger partial charge in [-0.15, -0.1) is 0 Å². The average Bonchev–Trinajstić information content (AvgIpc) is 2.77. The standard InChI is InChI=1S/C13H17N3O3S/c1-8-6-7-11(19-8)9(2)16-10-4-3-5-12(13(10)14)20(15,17)18/h3-7,9,16H,14H2,1-2H3,(H2,15,17,18). The molecular weight excluding hydrogens is 278 g/mol. The van der Waals surface area contributed by atoms with Crippen LogP contribution in [-0.2, 0) is 10.0 Å². The van der Waals surface area contributed by atoms with Gasteiger partial charge in [-0.3, -0.25) is 0 Å². The Morgan fingerprint density at radius 1 is 1.25 bits per heavy atom. The third-order valence-electron chi connectivity index (χ3n) is 2.93. The number of benzene rings is 1. The van der Waals surface area contributed by atoms with Crippen molar-refractivity contribution in [1.82, 2.24) is 0 Å². The molecule has 1 aromatic carbocycles. The molecule has 1 aromatic heterocycles. The van der Waals surface area contributed by atoms with Crippen LogP contribution >= 0.6 is 0 Å². The summed E-state index contributed by atoms with van der Waals surface area (Å²) in [6, 6.07) is 8.21. The van der Waals surface area contributed by atoms with E-state index in [0.29, 0.717) is 5.69 Å². The molecule has 2 aromatic rings. The molecule has 1 unspecified atom stereocenters. The molecule has 0 aliphatic rings. The Labute approximate surface area is 117 Å². The summed E-state index contributed by atoms with van der Waals surface area (Å²) in [6.45, 7) is 3.74. The lowest BCUT2D eigenvalue weighted by molar-refractivity contribution is 0.467. The molecule has 0 radical (unpaired) electrons. The number of hydrogen-bond acceptors (Lipinski definition) is 5. The van der Waals surface area contributed by atoms with E-state index in [-0.39, 0.29) is 16.6 Å². The van der Waals surface area contributed by atoms with Crippen molar-refractivity contribution in [1.29, 1.82) is 0 Å². The van der Waals surface area contributed by atoms with Gasteiger partial charge in [0.25, 0.3) is 0 Å². The summed E-state index contributed by atoms with van der Waals surface area (Å²) >= 11 is 0. The van der Waals surface area contributed by atoms with Crippen molar-refractivity contribution in [3.63, 3.8) is 0 Å². The maximum absolute atomic E-state index is 11.4. The number of sulfonamides is 1. The Kier molecular flexibility index (Phi) is 3.74. The summed E-state index contributed by atoms with van der Waals surface area (Å²) in [4.78, 5) is -0.0923. The van der Waals surface area contributed by atoms with E-state index in [1.807, 2.05) is 26.0 Å². The Balaban J connectivity index is 2.31. The number of furan rings is 1. The minimum atomic E-state index is -3.84. The van der Waals surface area contributed by atoms with Gasteiger partial charge < -0.3 is 15.5 Å². The molecule has 0 saturated carbocycles. The molecule has 0 saturated heterocycles. The quantitative estimate of drug-likeness (QED) is 0.747. The lowest BCUT2D eigenvalue weighted by Gasteiger charge is -2.16. The van der Waals surface area contributed by atoms with E-state index in [1.54, 1.807) is 12.1 Å². The molecule has 1 atom stereocenters. The van der Waals surface area contributed by atoms with Crippen molar-refractivity contribution < 1.29 is 12.8 Å². The fourth-order valence-corrected chi connectivity index (χ4v) is 2.59. The van der Waals surface area contributed by atoms with E-state index in [4.69, 9.17) is 15.3 Å². The van der Waals surface area contributed by atoms with Gasteiger partial charge >= 0.3 is 0 Å². The van der Waals surface area contributed by atoms with Gasteiger partial charge in [-0.2, -0.15) is 0 Å². The second-order valence-electron chi connectivity index (χ2n) is 4.58.